The van der Waals surface area contributed by atoms with Crippen molar-refractivity contribution in [2.24, 2.45) is 0 Å². The van der Waals surface area contributed by atoms with Crippen molar-refractivity contribution in [3.05, 3.63) is 48.4 Å². The van der Waals surface area contributed by atoms with Gasteiger partial charge in [-0.05, 0) is 42.9 Å². The second-order valence-electron chi connectivity index (χ2n) is 5.68. The predicted octanol–water partition coefficient (Wildman–Crippen LogP) is 4.76. The van der Waals surface area contributed by atoms with E-state index < -0.39 is 0 Å². The number of hydrogen-bond donors (Lipinski definition) is 2. The van der Waals surface area contributed by atoms with Crippen LogP contribution in [0.5, 0.6) is 5.75 Å². The molecule has 0 atom stereocenters. The standard InChI is InChI=1S/C19H24N2O3S/c1-2-3-4-5-6-12-23-16-10-7-9-15(14-16)20-19(25)21-18(22)17-11-8-13-24-17/h7-11,13-14H,2-6,12H2,1H3,(H2,20,21,22,25). The minimum absolute atomic E-state index is 0.207. The van der Waals surface area contributed by atoms with E-state index in [1.165, 1.54) is 31.9 Å². The largest absolute Gasteiger partial charge is 0.494 e. The average Bonchev–Trinajstić information content (AvgIpc) is 3.13. The fourth-order valence-corrected chi connectivity index (χ4v) is 2.50. The Morgan fingerprint density at radius 2 is 2.00 bits per heavy atom. The van der Waals surface area contributed by atoms with Crippen LogP contribution in [0.3, 0.4) is 0 Å². The van der Waals surface area contributed by atoms with Crippen LogP contribution >= 0.6 is 12.2 Å². The zero-order chi connectivity index (χ0) is 17.9. The molecule has 2 N–H and O–H groups in total. The molecule has 1 amide bonds. The number of unbranched alkanes of at least 4 members (excludes halogenated alkanes) is 4. The molecule has 2 aromatic rings. The second-order valence-corrected chi connectivity index (χ2v) is 6.08. The highest BCUT2D eigenvalue weighted by Crippen LogP contribution is 2.18. The van der Waals surface area contributed by atoms with Crippen molar-refractivity contribution in [2.75, 3.05) is 11.9 Å². The minimum atomic E-state index is -0.387. The fourth-order valence-electron chi connectivity index (χ4n) is 2.29. The summed E-state index contributed by atoms with van der Waals surface area (Å²) in [5.41, 5.74) is 0.758. The highest BCUT2D eigenvalue weighted by Gasteiger charge is 2.10. The Bertz CT molecular complexity index is 671. The highest BCUT2D eigenvalue weighted by atomic mass is 32.1. The molecule has 0 aliphatic heterocycles. The number of furan rings is 1. The first kappa shape index (κ1) is 19.0. The number of thiocarbonyl (C=S) groups is 1. The number of nitrogens with one attached hydrogen (secondary N) is 2. The first-order valence-corrected chi connectivity index (χ1v) is 8.98. The number of benzene rings is 1. The topological polar surface area (TPSA) is 63.5 Å². The molecule has 1 aromatic carbocycles. The molecule has 0 saturated heterocycles. The Morgan fingerprint density at radius 3 is 2.76 bits per heavy atom. The quantitative estimate of drug-likeness (QED) is 0.499. The van der Waals surface area contributed by atoms with E-state index in [0.717, 1.165) is 17.9 Å². The van der Waals surface area contributed by atoms with Gasteiger partial charge in [0.1, 0.15) is 5.75 Å². The summed E-state index contributed by atoms with van der Waals surface area (Å²) in [7, 11) is 0. The lowest BCUT2D eigenvalue weighted by molar-refractivity contribution is 0.0950. The Morgan fingerprint density at radius 1 is 1.16 bits per heavy atom. The first-order valence-electron chi connectivity index (χ1n) is 8.57. The summed E-state index contributed by atoms with van der Waals surface area (Å²) in [6.45, 7) is 2.91. The predicted molar refractivity (Wildman–Crippen MR) is 103 cm³/mol. The average molecular weight is 360 g/mol. The first-order chi connectivity index (χ1) is 12.2. The lowest BCUT2D eigenvalue weighted by Crippen LogP contribution is -2.33. The number of carbonyl (C=O) groups is 1. The molecule has 1 aromatic heterocycles. The fraction of sp³-hybridized carbons (Fsp3) is 0.368. The molecular formula is C19H24N2O3S. The SMILES string of the molecule is CCCCCCCOc1cccc(NC(=S)NC(=O)c2ccco2)c1. The monoisotopic (exact) mass is 360 g/mol. The Balaban J connectivity index is 1.76. The Hall–Kier alpha value is -2.34. The highest BCUT2D eigenvalue weighted by molar-refractivity contribution is 7.80. The van der Waals surface area contributed by atoms with Crippen molar-refractivity contribution >= 4 is 28.9 Å². The van der Waals surface area contributed by atoms with Crippen LogP contribution in [-0.2, 0) is 0 Å². The number of ether oxygens (including phenoxy) is 1. The minimum Gasteiger partial charge on any atom is -0.494 e. The normalized spacial score (nSPS) is 10.3. The molecule has 0 aliphatic carbocycles. The molecule has 134 valence electrons. The number of rotatable bonds is 9. The zero-order valence-corrected chi connectivity index (χ0v) is 15.2. The van der Waals surface area contributed by atoms with Gasteiger partial charge in [-0.15, -0.1) is 0 Å². The van der Waals surface area contributed by atoms with Crippen LogP contribution in [0, 0.1) is 0 Å². The van der Waals surface area contributed by atoms with E-state index in [-0.39, 0.29) is 16.8 Å². The summed E-state index contributed by atoms with van der Waals surface area (Å²) >= 11 is 5.15. The van der Waals surface area contributed by atoms with Gasteiger partial charge in [0.05, 0.1) is 12.9 Å². The van der Waals surface area contributed by atoms with Gasteiger partial charge in [-0.2, -0.15) is 0 Å². The van der Waals surface area contributed by atoms with Crippen molar-refractivity contribution < 1.29 is 13.9 Å². The van der Waals surface area contributed by atoms with E-state index in [9.17, 15) is 4.79 Å². The zero-order valence-electron chi connectivity index (χ0n) is 14.4. The third-order valence-corrected chi connectivity index (χ3v) is 3.78. The lowest BCUT2D eigenvalue weighted by atomic mass is 10.2. The van der Waals surface area contributed by atoms with Gasteiger partial charge in [-0.3, -0.25) is 10.1 Å². The molecule has 1 heterocycles. The van der Waals surface area contributed by atoms with Crippen LogP contribution in [0.2, 0.25) is 0 Å². The van der Waals surface area contributed by atoms with Crippen molar-refractivity contribution in [3.63, 3.8) is 0 Å². The van der Waals surface area contributed by atoms with E-state index in [0.29, 0.717) is 6.61 Å². The molecule has 6 heteroatoms. The number of hydrogen-bond acceptors (Lipinski definition) is 4. The van der Waals surface area contributed by atoms with Crippen LogP contribution in [0.15, 0.2) is 47.1 Å². The molecular weight excluding hydrogens is 336 g/mol. The maximum atomic E-state index is 11.9. The summed E-state index contributed by atoms with van der Waals surface area (Å²) in [5, 5.41) is 5.75. The van der Waals surface area contributed by atoms with E-state index in [1.807, 2.05) is 24.3 Å². The summed E-state index contributed by atoms with van der Waals surface area (Å²) in [6.07, 6.45) is 7.45. The smallest absolute Gasteiger partial charge is 0.293 e. The van der Waals surface area contributed by atoms with Gasteiger partial charge in [0.2, 0.25) is 0 Å². The van der Waals surface area contributed by atoms with Gasteiger partial charge in [-0.1, -0.05) is 38.7 Å². The molecule has 0 bridgehead atoms. The van der Waals surface area contributed by atoms with Gasteiger partial charge in [0.25, 0.3) is 5.91 Å². The van der Waals surface area contributed by atoms with Gasteiger partial charge < -0.3 is 14.5 Å². The molecule has 0 aliphatic rings. The van der Waals surface area contributed by atoms with E-state index in [4.69, 9.17) is 21.4 Å². The Labute approximate surface area is 153 Å². The van der Waals surface area contributed by atoms with Crippen LogP contribution in [0.25, 0.3) is 0 Å². The molecule has 0 radical (unpaired) electrons. The van der Waals surface area contributed by atoms with Crippen molar-refractivity contribution in [3.8, 4) is 5.75 Å². The van der Waals surface area contributed by atoms with Crippen LogP contribution in [-0.4, -0.2) is 17.6 Å². The number of anilines is 1. The third-order valence-electron chi connectivity index (χ3n) is 3.58. The molecule has 25 heavy (non-hydrogen) atoms. The summed E-state index contributed by atoms with van der Waals surface area (Å²) in [4.78, 5) is 11.9. The Kier molecular flexibility index (Phi) is 7.98. The summed E-state index contributed by atoms with van der Waals surface area (Å²) in [6, 6.07) is 10.7. The molecule has 0 saturated carbocycles. The number of carbonyl (C=O) groups excluding carboxylic acids is 1. The van der Waals surface area contributed by atoms with Crippen LogP contribution in [0.4, 0.5) is 5.69 Å². The van der Waals surface area contributed by atoms with Crippen molar-refractivity contribution in [2.45, 2.75) is 39.0 Å². The van der Waals surface area contributed by atoms with Gasteiger partial charge in [0.15, 0.2) is 10.9 Å². The van der Waals surface area contributed by atoms with E-state index in [1.54, 1.807) is 12.1 Å². The van der Waals surface area contributed by atoms with E-state index >= 15 is 0 Å². The summed E-state index contributed by atoms with van der Waals surface area (Å²) in [5.74, 6) is 0.604. The maximum Gasteiger partial charge on any atom is 0.293 e. The second kappa shape index (κ2) is 10.5. The van der Waals surface area contributed by atoms with Crippen LogP contribution in [0.1, 0.15) is 49.6 Å². The molecule has 0 unspecified atom stereocenters. The molecule has 0 fully saturated rings. The molecule has 2 rings (SSSR count). The molecule has 0 spiro atoms. The maximum absolute atomic E-state index is 11.9. The van der Waals surface area contributed by atoms with Crippen molar-refractivity contribution in [1.82, 2.24) is 5.32 Å². The third kappa shape index (κ3) is 6.97. The molecule has 5 nitrogen and oxygen atoms in total. The van der Waals surface area contributed by atoms with E-state index in [2.05, 4.69) is 17.6 Å². The van der Waals surface area contributed by atoms with Gasteiger partial charge >= 0.3 is 0 Å². The van der Waals surface area contributed by atoms with Crippen LogP contribution < -0.4 is 15.4 Å². The lowest BCUT2D eigenvalue weighted by Gasteiger charge is -2.11. The number of amides is 1. The van der Waals surface area contributed by atoms with Gasteiger partial charge in [0, 0.05) is 11.8 Å². The summed E-state index contributed by atoms with van der Waals surface area (Å²) < 4.78 is 10.8. The van der Waals surface area contributed by atoms with Crippen molar-refractivity contribution in [1.29, 1.82) is 0 Å². The van der Waals surface area contributed by atoms with Gasteiger partial charge in [-0.25, -0.2) is 0 Å².